The number of ether oxygens (including phenoxy) is 1. The zero-order valence-corrected chi connectivity index (χ0v) is 19.5. The van der Waals surface area contributed by atoms with E-state index in [1.807, 2.05) is 0 Å². The van der Waals surface area contributed by atoms with Gasteiger partial charge in [-0.25, -0.2) is 15.0 Å². The van der Waals surface area contributed by atoms with E-state index in [1.165, 1.54) is 68.7 Å². The molecule has 0 aliphatic carbocycles. The second-order valence-corrected chi connectivity index (χ2v) is 8.72. The number of fused-ring (bicyclic) bond motifs is 1. The van der Waals surface area contributed by atoms with Crippen molar-refractivity contribution >= 4 is 17.0 Å². The number of hydrogen-bond donors (Lipinski definition) is 4. The summed E-state index contributed by atoms with van der Waals surface area (Å²) >= 11 is 0. The molecule has 4 unspecified atom stereocenters. The van der Waals surface area contributed by atoms with Gasteiger partial charge in [-0.05, 0) is 12.3 Å². The highest BCUT2D eigenvalue weighted by molar-refractivity contribution is 5.82. The lowest BCUT2D eigenvalue weighted by atomic mass is 10.1. The summed E-state index contributed by atoms with van der Waals surface area (Å²) in [5.74, 6) is 6.55. The van der Waals surface area contributed by atoms with Gasteiger partial charge in [0.05, 0.1) is 12.9 Å². The van der Waals surface area contributed by atoms with Gasteiger partial charge in [-0.3, -0.25) is 4.57 Å². The third-order valence-electron chi connectivity index (χ3n) is 6.10. The Morgan fingerprint density at radius 2 is 1.67 bits per heavy atom. The molecule has 0 aromatic carbocycles. The summed E-state index contributed by atoms with van der Waals surface area (Å²) in [6, 6.07) is 0. The average molecular weight is 460 g/mol. The zero-order valence-electron chi connectivity index (χ0n) is 19.5. The summed E-state index contributed by atoms with van der Waals surface area (Å²) in [7, 11) is 0. The molecule has 4 atom stereocenters. The van der Waals surface area contributed by atoms with Crippen LogP contribution < -0.4 is 5.73 Å². The number of imidazole rings is 1. The molecule has 5 N–H and O–H groups in total. The Morgan fingerprint density at radius 1 is 1.00 bits per heavy atom. The maximum atomic E-state index is 10.3. The van der Waals surface area contributed by atoms with Crippen molar-refractivity contribution in [1.29, 1.82) is 0 Å². The van der Waals surface area contributed by atoms with Gasteiger partial charge in [0.15, 0.2) is 17.7 Å². The topological polar surface area (TPSA) is 140 Å². The molecule has 2 aromatic heterocycles. The van der Waals surface area contributed by atoms with E-state index in [0.29, 0.717) is 11.2 Å². The first-order chi connectivity index (χ1) is 16.1. The van der Waals surface area contributed by atoms with Crippen molar-refractivity contribution in [2.75, 3.05) is 12.3 Å². The maximum Gasteiger partial charge on any atom is 0.208 e. The number of nitrogens with two attached hydrogens (primary N) is 1. The van der Waals surface area contributed by atoms with E-state index in [0.717, 1.165) is 12.8 Å². The number of hydrogen-bond acceptors (Lipinski definition) is 8. The predicted octanol–water partition coefficient (Wildman–Crippen LogP) is 2.68. The van der Waals surface area contributed by atoms with Crippen molar-refractivity contribution < 1.29 is 20.1 Å². The summed E-state index contributed by atoms with van der Waals surface area (Å²) in [5.41, 5.74) is 6.76. The number of aliphatic hydroxyl groups excluding tert-OH is 3. The molecule has 0 amide bonds. The van der Waals surface area contributed by atoms with E-state index < -0.39 is 31.1 Å². The molecular formula is C24H37N5O4. The number of anilines is 1. The van der Waals surface area contributed by atoms with Gasteiger partial charge in [0.25, 0.3) is 0 Å². The molecule has 2 aromatic rings. The van der Waals surface area contributed by atoms with Gasteiger partial charge in [-0.2, -0.15) is 0 Å². The Hall–Kier alpha value is -2.25. The van der Waals surface area contributed by atoms with E-state index in [2.05, 4.69) is 33.7 Å². The lowest BCUT2D eigenvalue weighted by molar-refractivity contribution is -0.0511. The monoisotopic (exact) mass is 459 g/mol. The van der Waals surface area contributed by atoms with Gasteiger partial charge in [-0.1, -0.05) is 70.6 Å². The number of unbranched alkanes of at least 4 members (excludes halogenated alkanes) is 10. The fourth-order valence-electron chi connectivity index (χ4n) is 4.13. The summed E-state index contributed by atoms with van der Waals surface area (Å²) in [6.07, 6.45) is 10.7. The molecule has 0 spiro atoms. The quantitative estimate of drug-likeness (QED) is 0.281. The molecule has 182 valence electrons. The Kier molecular flexibility index (Phi) is 9.88. The van der Waals surface area contributed by atoms with Crippen LogP contribution in [-0.4, -0.2) is 59.8 Å². The zero-order chi connectivity index (χ0) is 23.6. The number of nitrogen functional groups attached to an aromatic ring is 1. The highest BCUT2D eigenvalue weighted by Gasteiger charge is 2.44. The Morgan fingerprint density at radius 3 is 2.30 bits per heavy atom. The Bertz CT molecular complexity index is 938. The molecule has 3 heterocycles. The van der Waals surface area contributed by atoms with Gasteiger partial charge in [0.1, 0.15) is 23.8 Å². The first kappa shape index (κ1) is 25.4. The average Bonchev–Trinajstić information content (AvgIpc) is 3.35. The molecule has 1 fully saturated rings. The molecule has 33 heavy (non-hydrogen) atoms. The molecule has 1 aliphatic rings. The summed E-state index contributed by atoms with van der Waals surface area (Å²) < 4.78 is 7.07. The van der Waals surface area contributed by atoms with Crippen molar-refractivity contribution in [3.8, 4) is 11.8 Å². The Labute approximate surface area is 195 Å². The van der Waals surface area contributed by atoms with Crippen LogP contribution in [0.2, 0.25) is 0 Å². The fraction of sp³-hybridized carbons (Fsp3) is 0.708. The van der Waals surface area contributed by atoms with E-state index in [1.54, 1.807) is 0 Å². The summed E-state index contributed by atoms with van der Waals surface area (Å²) in [6.45, 7) is 1.84. The first-order valence-electron chi connectivity index (χ1n) is 12.2. The van der Waals surface area contributed by atoms with E-state index in [9.17, 15) is 15.3 Å². The van der Waals surface area contributed by atoms with Crippen LogP contribution in [0.15, 0.2) is 6.33 Å². The largest absolute Gasteiger partial charge is 0.394 e. The number of rotatable bonds is 12. The second kappa shape index (κ2) is 12.8. The molecule has 0 saturated carbocycles. The summed E-state index contributed by atoms with van der Waals surface area (Å²) in [5, 5.41) is 29.7. The normalized spacial score (nSPS) is 22.5. The molecule has 1 aliphatic heterocycles. The van der Waals surface area contributed by atoms with Crippen molar-refractivity contribution in [3.05, 3.63) is 12.2 Å². The van der Waals surface area contributed by atoms with E-state index >= 15 is 0 Å². The third-order valence-corrected chi connectivity index (χ3v) is 6.10. The molecule has 9 nitrogen and oxygen atoms in total. The van der Waals surface area contributed by atoms with E-state index in [4.69, 9.17) is 10.5 Å². The lowest BCUT2D eigenvalue weighted by Crippen LogP contribution is -2.33. The lowest BCUT2D eigenvalue weighted by Gasteiger charge is -2.16. The Balaban J connectivity index is 1.51. The first-order valence-corrected chi connectivity index (χ1v) is 12.2. The standard InChI is InChI=1S/C24H37N5O4/c1-2-3-4-5-6-7-8-9-10-11-12-13-14-18-27-22(25)19-23(28-18)29(16-26-19)24-21(32)20(31)17(15-30)33-24/h16-17,20-21,24,30-32H,2-12,15H2,1H3,(H2,25,27,28). The molecular weight excluding hydrogens is 422 g/mol. The van der Waals surface area contributed by atoms with Gasteiger partial charge >= 0.3 is 0 Å². The minimum absolute atomic E-state index is 0.189. The highest BCUT2D eigenvalue weighted by atomic mass is 16.6. The fourth-order valence-corrected chi connectivity index (χ4v) is 4.13. The second-order valence-electron chi connectivity index (χ2n) is 8.72. The van der Waals surface area contributed by atoms with Crippen LogP contribution in [0.25, 0.3) is 11.2 Å². The van der Waals surface area contributed by atoms with Crippen LogP contribution in [0.3, 0.4) is 0 Å². The van der Waals surface area contributed by atoms with Gasteiger partial charge in [0, 0.05) is 6.42 Å². The maximum absolute atomic E-state index is 10.3. The van der Waals surface area contributed by atoms with Crippen LogP contribution in [0.4, 0.5) is 5.82 Å². The molecule has 0 bridgehead atoms. The van der Waals surface area contributed by atoms with E-state index in [-0.39, 0.29) is 11.6 Å². The van der Waals surface area contributed by atoms with Crippen molar-refractivity contribution in [2.24, 2.45) is 0 Å². The molecule has 9 heteroatoms. The van der Waals surface area contributed by atoms with Crippen LogP contribution >= 0.6 is 0 Å². The van der Waals surface area contributed by atoms with Crippen molar-refractivity contribution in [2.45, 2.75) is 102 Å². The third kappa shape index (κ3) is 6.64. The van der Waals surface area contributed by atoms with Gasteiger partial charge in [-0.15, -0.1) is 0 Å². The van der Waals surface area contributed by atoms with Crippen LogP contribution in [-0.2, 0) is 4.74 Å². The highest BCUT2D eigenvalue weighted by Crippen LogP contribution is 2.31. The number of aromatic nitrogens is 4. The SMILES string of the molecule is CCCCCCCCCCCCC#Cc1nc(N)c2ncn(C3OC(CO)C(O)C3O)c2n1. The molecule has 1 saturated heterocycles. The molecule has 3 rings (SSSR count). The van der Waals surface area contributed by atoms with Crippen molar-refractivity contribution in [1.82, 2.24) is 19.5 Å². The van der Waals surface area contributed by atoms with Crippen LogP contribution in [0, 0.1) is 11.8 Å². The van der Waals surface area contributed by atoms with Gasteiger partial charge < -0.3 is 25.8 Å². The number of nitrogens with zero attached hydrogens (tertiary/aromatic N) is 4. The smallest absolute Gasteiger partial charge is 0.208 e. The molecule has 0 radical (unpaired) electrons. The van der Waals surface area contributed by atoms with Crippen LogP contribution in [0.1, 0.15) is 89.6 Å². The predicted molar refractivity (Wildman–Crippen MR) is 126 cm³/mol. The van der Waals surface area contributed by atoms with Gasteiger partial charge in [0.2, 0.25) is 5.82 Å². The summed E-state index contributed by atoms with van der Waals surface area (Å²) in [4.78, 5) is 12.9. The minimum Gasteiger partial charge on any atom is -0.394 e. The van der Waals surface area contributed by atoms with Crippen LogP contribution in [0.5, 0.6) is 0 Å². The minimum atomic E-state index is -1.23. The number of aliphatic hydroxyl groups is 3. The van der Waals surface area contributed by atoms with Crippen molar-refractivity contribution in [3.63, 3.8) is 0 Å².